The minimum atomic E-state index is -0.148. The van der Waals surface area contributed by atoms with Gasteiger partial charge in [-0.05, 0) is 33.5 Å². The first-order valence-electron chi connectivity index (χ1n) is 10.8. The summed E-state index contributed by atoms with van der Waals surface area (Å²) in [7, 11) is 0. The van der Waals surface area contributed by atoms with Gasteiger partial charge >= 0.3 is 0 Å². The van der Waals surface area contributed by atoms with Crippen molar-refractivity contribution in [3.8, 4) is 22.5 Å². The Balaban J connectivity index is 1.63. The molecule has 0 amide bonds. The molecule has 0 unspecified atom stereocenters. The molecule has 0 atom stereocenters. The van der Waals surface area contributed by atoms with Gasteiger partial charge in [0, 0.05) is 24.9 Å². The van der Waals surface area contributed by atoms with Gasteiger partial charge in [-0.25, -0.2) is 0 Å². The maximum atomic E-state index is 12.3. The van der Waals surface area contributed by atoms with Crippen LogP contribution in [0.25, 0.3) is 22.5 Å². The summed E-state index contributed by atoms with van der Waals surface area (Å²) in [6.07, 6.45) is 3.55. The number of hydrogen-bond acceptors (Lipinski definition) is 8. The van der Waals surface area contributed by atoms with Gasteiger partial charge in [0.2, 0.25) is 11.0 Å². The fourth-order valence-electron chi connectivity index (χ4n) is 3.45. The number of benzene rings is 2. The number of nitrogens with zero attached hydrogens (tertiary/aromatic N) is 6. The van der Waals surface area contributed by atoms with Crippen molar-refractivity contribution in [2.24, 2.45) is 0 Å². The van der Waals surface area contributed by atoms with Crippen LogP contribution in [0, 0.1) is 0 Å². The predicted molar refractivity (Wildman–Crippen MR) is 125 cm³/mol. The van der Waals surface area contributed by atoms with Crippen LogP contribution in [0.1, 0.15) is 48.5 Å². The highest BCUT2D eigenvalue weighted by molar-refractivity contribution is 7.15. The van der Waals surface area contributed by atoms with E-state index < -0.39 is 0 Å². The van der Waals surface area contributed by atoms with Gasteiger partial charge in [0.1, 0.15) is 5.01 Å². The standard InChI is InChI=1S/C23H25N7OS/c1-3-5-14-20-25-27-23(32-20)24-15-16-10-6-7-11-17(16)18-12-8-9-13-19(18)22-26-28-29-30(22)21(31)4-2/h6-13H,3-5,14-15H2,1-2H3,(H,24,27). The molecule has 32 heavy (non-hydrogen) atoms. The monoisotopic (exact) mass is 447 g/mol. The summed E-state index contributed by atoms with van der Waals surface area (Å²) in [6.45, 7) is 4.57. The van der Waals surface area contributed by atoms with E-state index in [9.17, 15) is 4.79 Å². The molecule has 2 aromatic heterocycles. The molecule has 0 bridgehead atoms. The van der Waals surface area contributed by atoms with E-state index in [1.807, 2.05) is 36.4 Å². The SMILES string of the molecule is CCCCc1nnc(NCc2ccccc2-c2ccccc2-c2nnnn2C(=O)CC)s1. The lowest BCUT2D eigenvalue weighted by atomic mass is 9.95. The van der Waals surface area contributed by atoms with Crippen molar-refractivity contribution in [3.63, 3.8) is 0 Å². The number of aromatic nitrogens is 6. The smallest absolute Gasteiger partial charge is 0.250 e. The Morgan fingerprint density at radius 1 is 0.969 bits per heavy atom. The minimum Gasteiger partial charge on any atom is -0.356 e. The van der Waals surface area contributed by atoms with Crippen molar-refractivity contribution in [1.82, 2.24) is 30.4 Å². The van der Waals surface area contributed by atoms with Gasteiger partial charge in [0.25, 0.3) is 0 Å². The van der Waals surface area contributed by atoms with Crippen LogP contribution >= 0.6 is 11.3 Å². The van der Waals surface area contributed by atoms with Crippen LogP contribution in [0.4, 0.5) is 5.13 Å². The molecule has 1 N–H and O–H groups in total. The predicted octanol–water partition coefficient (Wildman–Crippen LogP) is 4.86. The lowest BCUT2D eigenvalue weighted by Gasteiger charge is -2.14. The van der Waals surface area contributed by atoms with E-state index in [2.05, 4.69) is 50.1 Å². The molecule has 0 fully saturated rings. The first-order valence-corrected chi connectivity index (χ1v) is 11.6. The van der Waals surface area contributed by atoms with Gasteiger partial charge in [-0.1, -0.05) is 80.1 Å². The molecule has 0 saturated heterocycles. The molecule has 0 aliphatic carbocycles. The van der Waals surface area contributed by atoms with E-state index in [1.54, 1.807) is 18.3 Å². The van der Waals surface area contributed by atoms with Crippen LogP contribution < -0.4 is 5.32 Å². The molecule has 9 heteroatoms. The van der Waals surface area contributed by atoms with Crippen molar-refractivity contribution in [2.45, 2.75) is 46.1 Å². The number of tetrazole rings is 1. The van der Waals surface area contributed by atoms with E-state index >= 15 is 0 Å². The minimum absolute atomic E-state index is 0.148. The lowest BCUT2D eigenvalue weighted by molar-refractivity contribution is 0.0893. The quantitative estimate of drug-likeness (QED) is 0.366. The fraction of sp³-hybridized carbons (Fsp3) is 0.304. The first-order chi connectivity index (χ1) is 15.7. The molecule has 0 spiro atoms. The van der Waals surface area contributed by atoms with Crippen molar-refractivity contribution in [3.05, 3.63) is 59.1 Å². The summed E-state index contributed by atoms with van der Waals surface area (Å²) >= 11 is 1.60. The number of rotatable bonds is 9. The Bertz CT molecular complexity index is 1200. The summed E-state index contributed by atoms with van der Waals surface area (Å²) in [5.74, 6) is 0.296. The second kappa shape index (κ2) is 10.2. The Hall–Kier alpha value is -3.46. The number of aryl methyl sites for hydroxylation is 1. The molecule has 0 radical (unpaired) electrons. The number of unbranched alkanes of at least 4 members (excludes halogenated alkanes) is 1. The van der Waals surface area contributed by atoms with E-state index in [1.165, 1.54) is 4.68 Å². The van der Waals surface area contributed by atoms with E-state index in [0.717, 1.165) is 51.7 Å². The number of nitrogens with one attached hydrogen (secondary N) is 1. The van der Waals surface area contributed by atoms with E-state index in [-0.39, 0.29) is 5.91 Å². The molecule has 0 aliphatic heterocycles. The molecule has 4 rings (SSSR count). The Labute approximate surface area is 190 Å². The highest BCUT2D eigenvalue weighted by Crippen LogP contribution is 2.33. The average Bonchev–Trinajstić information content (AvgIpc) is 3.51. The van der Waals surface area contributed by atoms with E-state index in [0.29, 0.717) is 18.8 Å². The topological polar surface area (TPSA) is 98.5 Å². The van der Waals surface area contributed by atoms with Gasteiger partial charge in [0.15, 0.2) is 5.82 Å². The Morgan fingerprint density at radius 3 is 2.50 bits per heavy atom. The zero-order chi connectivity index (χ0) is 22.3. The second-order valence-corrected chi connectivity index (χ2v) is 8.38. The molecule has 0 saturated carbocycles. The third-order valence-corrected chi connectivity index (χ3v) is 6.07. The molecule has 8 nitrogen and oxygen atoms in total. The Morgan fingerprint density at radius 2 is 1.72 bits per heavy atom. The zero-order valence-corrected chi connectivity index (χ0v) is 19.0. The summed E-state index contributed by atoms with van der Waals surface area (Å²) < 4.78 is 1.28. The van der Waals surface area contributed by atoms with Crippen molar-refractivity contribution in [1.29, 1.82) is 0 Å². The van der Waals surface area contributed by atoms with Crippen molar-refractivity contribution < 1.29 is 4.79 Å². The van der Waals surface area contributed by atoms with Crippen LogP contribution in [-0.4, -0.2) is 36.3 Å². The third kappa shape index (κ3) is 4.72. The van der Waals surface area contributed by atoms with Crippen molar-refractivity contribution >= 4 is 22.4 Å². The molecule has 2 aromatic carbocycles. The number of carbonyl (C=O) groups is 1. The maximum Gasteiger partial charge on any atom is 0.250 e. The number of anilines is 1. The van der Waals surface area contributed by atoms with Crippen LogP contribution in [0.3, 0.4) is 0 Å². The van der Waals surface area contributed by atoms with Crippen molar-refractivity contribution in [2.75, 3.05) is 5.32 Å². The van der Waals surface area contributed by atoms with Gasteiger partial charge in [0.05, 0.1) is 0 Å². The number of carbonyl (C=O) groups excluding carboxylic acids is 1. The van der Waals surface area contributed by atoms with E-state index in [4.69, 9.17) is 0 Å². The van der Waals surface area contributed by atoms with Gasteiger partial charge in [-0.15, -0.1) is 15.3 Å². The van der Waals surface area contributed by atoms with Gasteiger partial charge in [-0.3, -0.25) is 4.79 Å². The molecular formula is C23H25N7OS. The molecule has 2 heterocycles. The van der Waals surface area contributed by atoms with Crippen LogP contribution in [0.5, 0.6) is 0 Å². The van der Waals surface area contributed by atoms with Crippen LogP contribution in [0.15, 0.2) is 48.5 Å². The van der Waals surface area contributed by atoms with Gasteiger partial charge in [-0.2, -0.15) is 4.68 Å². The summed E-state index contributed by atoms with van der Waals surface area (Å²) in [6, 6.07) is 16.0. The average molecular weight is 448 g/mol. The summed E-state index contributed by atoms with van der Waals surface area (Å²) in [5, 5.41) is 25.6. The number of hydrogen-bond donors (Lipinski definition) is 1. The first kappa shape index (κ1) is 21.8. The normalized spacial score (nSPS) is 10.9. The largest absolute Gasteiger partial charge is 0.356 e. The maximum absolute atomic E-state index is 12.3. The lowest BCUT2D eigenvalue weighted by Crippen LogP contribution is -2.13. The van der Waals surface area contributed by atoms with Crippen LogP contribution in [0.2, 0.25) is 0 Å². The zero-order valence-electron chi connectivity index (χ0n) is 18.2. The molecule has 0 aliphatic rings. The molecular weight excluding hydrogens is 422 g/mol. The Kier molecular flexibility index (Phi) is 6.96. The highest BCUT2D eigenvalue weighted by atomic mass is 32.1. The summed E-state index contributed by atoms with van der Waals surface area (Å²) in [4.78, 5) is 12.3. The third-order valence-electron chi connectivity index (χ3n) is 5.12. The second-order valence-electron chi connectivity index (χ2n) is 7.32. The van der Waals surface area contributed by atoms with Gasteiger partial charge < -0.3 is 5.32 Å². The summed E-state index contributed by atoms with van der Waals surface area (Å²) in [5.41, 5.74) is 3.92. The highest BCUT2D eigenvalue weighted by Gasteiger charge is 2.19. The molecule has 164 valence electrons. The molecule has 4 aromatic rings. The van der Waals surface area contributed by atoms with Crippen LogP contribution in [-0.2, 0) is 13.0 Å². The fourth-order valence-corrected chi connectivity index (χ4v) is 4.23.